The van der Waals surface area contributed by atoms with Gasteiger partial charge in [0.15, 0.2) is 0 Å². The van der Waals surface area contributed by atoms with Gasteiger partial charge in [-0.25, -0.2) is 9.78 Å². The van der Waals surface area contributed by atoms with Gasteiger partial charge in [-0.15, -0.1) is 0 Å². The molecule has 0 saturated carbocycles. The zero-order valence-corrected chi connectivity index (χ0v) is 10.4. The van der Waals surface area contributed by atoms with Crippen LogP contribution in [0.2, 0.25) is 0 Å². The Morgan fingerprint density at radius 2 is 2.17 bits per heavy atom. The van der Waals surface area contributed by atoms with E-state index in [0.29, 0.717) is 16.8 Å². The van der Waals surface area contributed by atoms with Crippen LogP contribution in [0.1, 0.15) is 30.6 Å². The topological polar surface area (TPSA) is 59.4 Å². The maximum Gasteiger partial charge on any atom is 0.336 e. The third kappa shape index (κ3) is 2.42. The number of carbonyl (C=O) groups is 1. The number of carboxylic acids is 1. The highest BCUT2D eigenvalue weighted by Gasteiger charge is 2.13. The Kier molecular flexibility index (Phi) is 3.46. The van der Waals surface area contributed by atoms with Gasteiger partial charge in [0, 0.05) is 11.5 Å². The number of para-hydroxylation sites is 1. The Balaban J connectivity index is 2.54. The molecule has 4 heteroatoms. The summed E-state index contributed by atoms with van der Waals surface area (Å²) in [6.07, 6.45) is 0.858. The van der Waals surface area contributed by atoms with E-state index in [4.69, 9.17) is 4.74 Å². The van der Waals surface area contributed by atoms with E-state index in [9.17, 15) is 9.90 Å². The number of aromatic carboxylic acids is 1. The maximum absolute atomic E-state index is 11.2. The molecular formula is C14H15NO3. The van der Waals surface area contributed by atoms with Crippen LogP contribution in [0.25, 0.3) is 10.9 Å². The van der Waals surface area contributed by atoms with Gasteiger partial charge < -0.3 is 9.84 Å². The van der Waals surface area contributed by atoms with E-state index in [-0.39, 0.29) is 11.7 Å². The van der Waals surface area contributed by atoms with E-state index in [2.05, 4.69) is 4.98 Å². The first-order valence-corrected chi connectivity index (χ1v) is 5.91. The Labute approximate surface area is 105 Å². The van der Waals surface area contributed by atoms with Crippen molar-refractivity contribution >= 4 is 16.9 Å². The summed E-state index contributed by atoms with van der Waals surface area (Å²) in [4.78, 5) is 15.6. The molecule has 0 bridgehead atoms. The van der Waals surface area contributed by atoms with E-state index in [1.807, 2.05) is 19.9 Å². The fourth-order valence-corrected chi connectivity index (χ4v) is 1.68. The van der Waals surface area contributed by atoms with Crippen molar-refractivity contribution in [3.05, 3.63) is 35.9 Å². The normalized spacial score (nSPS) is 12.3. The molecule has 0 aliphatic rings. The van der Waals surface area contributed by atoms with Gasteiger partial charge in [-0.1, -0.05) is 25.1 Å². The number of fused-ring (bicyclic) bond motifs is 1. The molecule has 0 aliphatic heterocycles. The Morgan fingerprint density at radius 3 is 2.83 bits per heavy atom. The molecule has 1 N–H and O–H groups in total. The van der Waals surface area contributed by atoms with Crippen molar-refractivity contribution in [1.82, 2.24) is 4.98 Å². The number of aromatic nitrogens is 1. The van der Waals surface area contributed by atoms with Crippen LogP contribution in [0.5, 0.6) is 5.88 Å². The van der Waals surface area contributed by atoms with Crippen LogP contribution >= 0.6 is 0 Å². The average Bonchev–Trinajstić information content (AvgIpc) is 2.37. The van der Waals surface area contributed by atoms with Crippen LogP contribution in [0.15, 0.2) is 30.3 Å². The SMILES string of the molecule is CCC(C)Oc1cc(C(=O)O)c2ccccc2n1. The molecule has 1 heterocycles. The quantitative estimate of drug-likeness (QED) is 0.899. The van der Waals surface area contributed by atoms with Gasteiger partial charge in [-0.05, 0) is 19.4 Å². The van der Waals surface area contributed by atoms with Crippen LogP contribution < -0.4 is 4.74 Å². The second-order valence-electron chi connectivity index (χ2n) is 4.17. The number of nitrogens with zero attached hydrogens (tertiary/aromatic N) is 1. The summed E-state index contributed by atoms with van der Waals surface area (Å²) in [6.45, 7) is 3.93. The van der Waals surface area contributed by atoms with Crippen molar-refractivity contribution in [1.29, 1.82) is 0 Å². The lowest BCUT2D eigenvalue weighted by atomic mass is 10.1. The highest BCUT2D eigenvalue weighted by atomic mass is 16.5. The van der Waals surface area contributed by atoms with Crippen molar-refractivity contribution in [2.24, 2.45) is 0 Å². The van der Waals surface area contributed by atoms with Gasteiger partial charge in [0.05, 0.1) is 17.2 Å². The molecule has 4 nitrogen and oxygen atoms in total. The number of pyridine rings is 1. The molecule has 1 aromatic carbocycles. The molecule has 0 amide bonds. The minimum Gasteiger partial charge on any atom is -0.478 e. The second kappa shape index (κ2) is 5.04. The number of rotatable bonds is 4. The molecule has 18 heavy (non-hydrogen) atoms. The third-order valence-electron chi connectivity index (χ3n) is 2.82. The van der Waals surface area contributed by atoms with Gasteiger partial charge in [-0.3, -0.25) is 0 Å². The standard InChI is InChI=1S/C14H15NO3/c1-3-9(2)18-13-8-11(14(16)17)10-6-4-5-7-12(10)15-13/h4-9H,3H2,1-2H3,(H,16,17). The summed E-state index contributed by atoms with van der Waals surface area (Å²) < 4.78 is 5.59. The number of carboxylic acid groups (broad SMARTS) is 1. The first-order valence-electron chi connectivity index (χ1n) is 5.91. The van der Waals surface area contributed by atoms with Crippen LogP contribution in [-0.2, 0) is 0 Å². The van der Waals surface area contributed by atoms with Crippen molar-refractivity contribution in [3.63, 3.8) is 0 Å². The largest absolute Gasteiger partial charge is 0.478 e. The molecule has 2 aromatic rings. The number of hydrogen-bond acceptors (Lipinski definition) is 3. The van der Waals surface area contributed by atoms with Crippen molar-refractivity contribution in [3.8, 4) is 5.88 Å². The Morgan fingerprint density at radius 1 is 1.44 bits per heavy atom. The predicted octanol–water partition coefficient (Wildman–Crippen LogP) is 3.11. The van der Waals surface area contributed by atoms with Gasteiger partial charge in [0.2, 0.25) is 5.88 Å². The molecule has 0 fully saturated rings. The molecule has 0 saturated heterocycles. The number of ether oxygens (including phenoxy) is 1. The predicted molar refractivity (Wildman–Crippen MR) is 69.1 cm³/mol. The number of benzene rings is 1. The van der Waals surface area contributed by atoms with Crippen molar-refractivity contribution < 1.29 is 14.6 Å². The zero-order valence-electron chi connectivity index (χ0n) is 10.4. The summed E-state index contributed by atoms with van der Waals surface area (Å²) >= 11 is 0. The summed E-state index contributed by atoms with van der Waals surface area (Å²) in [5, 5.41) is 9.84. The molecule has 1 unspecified atom stereocenters. The average molecular weight is 245 g/mol. The van der Waals surface area contributed by atoms with Crippen LogP contribution in [0, 0.1) is 0 Å². The molecule has 94 valence electrons. The highest BCUT2D eigenvalue weighted by molar-refractivity contribution is 6.02. The molecule has 0 spiro atoms. The van der Waals surface area contributed by atoms with E-state index in [0.717, 1.165) is 6.42 Å². The fraction of sp³-hybridized carbons (Fsp3) is 0.286. The molecule has 0 aliphatic carbocycles. The second-order valence-corrected chi connectivity index (χ2v) is 4.17. The highest BCUT2D eigenvalue weighted by Crippen LogP contribution is 2.22. The van der Waals surface area contributed by atoms with E-state index >= 15 is 0 Å². The minimum atomic E-state index is -0.970. The lowest BCUT2D eigenvalue weighted by molar-refractivity contribution is 0.0698. The lowest BCUT2D eigenvalue weighted by Gasteiger charge is -2.13. The van der Waals surface area contributed by atoms with Crippen molar-refractivity contribution in [2.75, 3.05) is 0 Å². The van der Waals surface area contributed by atoms with E-state index in [1.165, 1.54) is 6.07 Å². The monoisotopic (exact) mass is 245 g/mol. The Bertz CT molecular complexity index is 580. The fourth-order valence-electron chi connectivity index (χ4n) is 1.68. The van der Waals surface area contributed by atoms with Gasteiger partial charge in [-0.2, -0.15) is 0 Å². The Hall–Kier alpha value is -2.10. The first-order chi connectivity index (χ1) is 8.61. The van der Waals surface area contributed by atoms with Gasteiger partial charge in [0.25, 0.3) is 0 Å². The summed E-state index contributed by atoms with van der Waals surface area (Å²) in [6, 6.07) is 8.64. The van der Waals surface area contributed by atoms with E-state index < -0.39 is 5.97 Å². The first kappa shape index (κ1) is 12.4. The molecular weight excluding hydrogens is 230 g/mol. The summed E-state index contributed by atoms with van der Waals surface area (Å²) in [7, 11) is 0. The molecule has 1 atom stereocenters. The smallest absolute Gasteiger partial charge is 0.336 e. The summed E-state index contributed by atoms with van der Waals surface area (Å²) in [5.74, 6) is -0.608. The third-order valence-corrected chi connectivity index (χ3v) is 2.82. The molecule has 2 rings (SSSR count). The maximum atomic E-state index is 11.2. The summed E-state index contributed by atoms with van der Waals surface area (Å²) in [5.41, 5.74) is 0.856. The van der Waals surface area contributed by atoms with Crippen molar-refractivity contribution in [2.45, 2.75) is 26.4 Å². The van der Waals surface area contributed by atoms with E-state index in [1.54, 1.807) is 18.2 Å². The zero-order chi connectivity index (χ0) is 13.1. The van der Waals surface area contributed by atoms with Crippen LogP contribution in [0.4, 0.5) is 0 Å². The molecule has 1 aromatic heterocycles. The van der Waals surface area contributed by atoms with Gasteiger partial charge >= 0.3 is 5.97 Å². The minimum absolute atomic E-state index is 0.0142. The lowest BCUT2D eigenvalue weighted by Crippen LogP contribution is -2.11. The molecule has 0 radical (unpaired) electrons. The van der Waals surface area contributed by atoms with Crippen LogP contribution in [-0.4, -0.2) is 22.2 Å². The van der Waals surface area contributed by atoms with Crippen LogP contribution in [0.3, 0.4) is 0 Å². The van der Waals surface area contributed by atoms with Gasteiger partial charge in [0.1, 0.15) is 0 Å². The number of hydrogen-bond donors (Lipinski definition) is 1.